The van der Waals surface area contributed by atoms with Gasteiger partial charge in [0.05, 0.1) is 19.8 Å². The molecule has 1 rings (SSSR count). The zero-order valence-electron chi connectivity index (χ0n) is 11.5. The molecule has 0 aliphatic carbocycles. The van der Waals surface area contributed by atoms with Gasteiger partial charge in [0.15, 0.2) is 11.5 Å². The third-order valence-electron chi connectivity index (χ3n) is 2.63. The largest absolute Gasteiger partial charge is 0.493 e. The fourth-order valence-electron chi connectivity index (χ4n) is 1.62. The van der Waals surface area contributed by atoms with Gasteiger partial charge < -0.3 is 20.5 Å². The van der Waals surface area contributed by atoms with Crippen molar-refractivity contribution >= 4 is 11.6 Å². The highest BCUT2D eigenvalue weighted by atomic mass is 16.5. The molecule has 5 heteroatoms. The summed E-state index contributed by atoms with van der Waals surface area (Å²) >= 11 is 0. The fraction of sp³-hybridized carbons (Fsp3) is 0.357. The lowest BCUT2D eigenvalue weighted by Crippen LogP contribution is -2.25. The number of allylic oxidation sites excluding steroid dienone is 1. The summed E-state index contributed by atoms with van der Waals surface area (Å²) in [5.41, 5.74) is 6.59. The van der Waals surface area contributed by atoms with Gasteiger partial charge in [-0.3, -0.25) is 4.79 Å². The number of carbonyl (C=O) groups excluding carboxylic acids is 1. The Bertz CT molecular complexity index is 470. The van der Waals surface area contributed by atoms with Crippen molar-refractivity contribution < 1.29 is 14.3 Å². The molecule has 1 aromatic rings. The second-order valence-electron chi connectivity index (χ2n) is 3.91. The van der Waals surface area contributed by atoms with Crippen LogP contribution < -0.4 is 20.5 Å². The highest BCUT2D eigenvalue weighted by Gasteiger charge is 2.14. The molecule has 1 amide bonds. The van der Waals surface area contributed by atoms with Crippen LogP contribution in [-0.2, 0) is 0 Å². The van der Waals surface area contributed by atoms with Gasteiger partial charge in [0.2, 0.25) is 0 Å². The number of carbonyl (C=O) groups is 1. The summed E-state index contributed by atoms with van der Waals surface area (Å²) < 4.78 is 10.3. The third-order valence-corrected chi connectivity index (χ3v) is 2.63. The minimum atomic E-state index is -0.219. The summed E-state index contributed by atoms with van der Waals surface area (Å²) in [6.07, 6.45) is 4.71. The maximum atomic E-state index is 12.0. The Hall–Kier alpha value is -2.17. The number of hydrogen-bond acceptors (Lipinski definition) is 4. The minimum Gasteiger partial charge on any atom is -0.493 e. The Labute approximate surface area is 113 Å². The van der Waals surface area contributed by atoms with Crippen molar-refractivity contribution in [1.29, 1.82) is 0 Å². The Morgan fingerprint density at radius 2 is 1.95 bits per heavy atom. The summed E-state index contributed by atoms with van der Waals surface area (Å²) in [5.74, 6) is 0.767. The molecule has 0 atom stereocenters. The topological polar surface area (TPSA) is 73.6 Å². The summed E-state index contributed by atoms with van der Waals surface area (Å²) in [4.78, 5) is 12.0. The average Bonchev–Trinajstić information content (AvgIpc) is 2.42. The molecule has 0 heterocycles. The number of rotatable bonds is 6. The summed E-state index contributed by atoms with van der Waals surface area (Å²) in [5, 5.41) is 2.80. The van der Waals surface area contributed by atoms with Crippen molar-refractivity contribution in [2.24, 2.45) is 0 Å². The first-order valence-corrected chi connectivity index (χ1v) is 6.04. The molecule has 0 aliphatic rings. The van der Waals surface area contributed by atoms with Gasteiger partial charge in [-0.15, -0.1) is 0 Å². The van der Waals surface area contributed by atoms with E-state index in [1.807, 2.05) is 19.1 Å². The Kier molecular flexibility index (Phi) is 5.73. The maximum absolute atomic E-state index is 12.0. The lowest BCUT2D eigenvalue weighted by molar-refractivity contribution is 0.0955. The lowest BCUT2D eigenvalue weighted by Gasteiger charge is -2.12. The molecule has 19 heavy (non-hydrogen) atoms. The van der Waals surface area contributed by atoms with Gasteiger partial charge in [0.1, 0.15) is 0 Å². The number of nitrogen functional groups attached to an aromatic ring is 1. The highest BCUT2D eigenvalue weighted by Crippen LogP contribution is 2.31. The number of benzene rings is 1. The van der Waals surface area contributed by atoms with Crippen LogP contribution in [0.15, 0.2) is 24.3 Å². The second kappa shape index (κ2) is 7.31. The van der Waals surface area contributed by atoms with Gasteiger partial charge >= 0.3 is 0 Å². The van der Waals surface area contributed by atoms with E-state index in [1.165, 1.54) is 14.2 Å². The average molecular weight is 264 g/mol. The van der Waals surface area contributed by atoms with Crippen molar-refractivity contribution in [2.45, 2.75) is 13.3 Å². The van der Waals surface area contributed by atoms with E-state index in [4.69, 9.17) is 15.2 Å². The molecule has 104 valence electrons. The van der Waals surface area contributed by atoms with Crippen LogP contribution in [0.2, 0.25) is 0 Å². The quantitative estimate of drug-likeness (QED) is 0.468. The van der Waals surface area contributed by atoms with E-state index in [9.17, 15) is 4.79 Å². The second-order valence-corrected chi connectivity index (χ2v) is 3.91. The first-order chi connectivity index (χ1) is 9.13. The molecule has 0 fully saturated rings. The number of amides is 1. The molecule has 0 spiro atoms. The van der Waals surface area contributed by atoms with Crippen LogP contribution in [0.3, 0.4) is 0 Å². The van der Waals surface area contributed by atoms with Gasteiger partial charge in [-0.25, -0.2) is 0 Å². The molecule has 0 unspecified atom stereocenters. The van der Waals surface area contributed by atoms with Crippen LogP contribution in [0.25, 0.3) is 0 Å². The first kappa shape index (κ1) is 14.9. The van der Waals surface area contributed by atoms with Crippen LogP contribution in [0.5, 0.6) is 11.5 Å². The van der Waals surface area contributed by atoms with Crippen LogP contribution >= 0.6 is 0 Å². The molecular weight excluding hydrogens is 244 g/mol. The lowest BCUT2D eigenvalue weighted by atomic mass is 10.1. The summed E-state index contributed by atoms with van der Waals surface area (Å²) in [6.45, 7) is 2.51. The monoisotopic (exact) mass is 264 g/mol. The molecule has 0 radical (unpaired) electrons. The Morgan fingerprint density at radius 1 is 1.32 bits per heavy atom. The van der Waals surface area contributed by atoms with Gasteiger partial charge in [-0.05, 0) is 19.4 Å². The van der Waals surface area contributed by atoms with E-state index in [-0.39, 0.29) is 5.91 Å². The van der Waals surface area contributed by atoms with Crippen molar-refractivity contribution in [3.05, 3.63) is 29.8 Å². The van der Waals surface area contributed by atoms with Crippen LogP contribution in [0.1, 0.15) is 23.7 Å². The van der Waals surface area contributed by atoms with E-state index in [0.29, 0.717) is 29.3 Å². The molecule has 0 saturated carbocycles. The molecule has 5 nitrogen and oxygen atoms in total. The minimum absolute atomic E-state index is 0.219. The van der Waals surface area contributed by atoms with Gasteiger partial charge in [-0.2, -0.15) is 0 Å². The normalized spacial score (nSPS) is 10.5. The van der Waals surface area contributed by atoms with E-state index >= 15 is 0 Å². The molecule has 3 N–H and O–H groups in total. The summed E-state index contributed by atoms with van der Waals surface area (Å²) in [6, 6.07) is 3.17. The highest BCUT2D eigenvalue weighted by molar-refractivity contribution is 6.00. The molecular formula is C14H20N2O3. The summed E-state index contributed by atoms with van der Waals surface area (Å²) in [7, 11) is 3.04. The van der Waals surface area contributed by atoms with E-state index in [0.717, 1.165) is 6.42 Å². The first-order valence-electron chi connectivity index (χ1n) is 6.04. The number of nitrogens with one attached hydrogen (secondary N) is 1. The number of methoxy groups -OCH3 is 2. The Morgan fingerprint density at radius 3 is 2.53 bits per heavy atom. The van der Waals surface area contributed by atoms with Crippen LogP contribution in [0, 0.1) is 0 Å². The maximum Gasteiger partial charge on any atom is 0.253 e. The van der Waals surface area contributed by atoms with Crippen molar-refractivity contribution in [3.63, 3.8) is 0 Å². The smallest absolute Gasteiger partial charge is 0.253 e. The predicted octanol–water partition coefficient (Wildman–Crippen LogP) is 1.98. The molecule has 0 aliphatic heterocycles. The van der Waals surface area contributed by atoms with E-state index < -0.39 is 0 Å². The molecule has 0 bridgehead atoms. The zero-order valence-corrected chi connectivity index (χ0v) is 11.5. The van der Waals surface area contributed by atoms with Crippen molar-refractivity contribution in [1.82, 2.24) is 5.32 Å². The SMILES string of the molecule is C/C=C/CCNC(=O)c1cc(OC)c(OC)cc1N. The fourth-order valence-corrected chi connectivity index (χ4v) is 1.62. The standard InChI is InChI=1S/C14H20N2O3/c1-4-5-6-7-16-14(17)10-8-12(18-2)13(19-3)9-11(10)15/h4-5,8-9H,6-7,15H2,1-3H3,(H,16,17)/b5-4+. The molecule has 0 aromatic heterocycles. The molecule has 0 saturated heterocycles. The van der Waals surface area contributed by atoms with Crippen molar-refractivity contribution in [2.75, 3.05) is 26.5 Å². The number of ether oxygens (including phenoxy) is 2. The van der Waals surface area contributed by atoms with Gasteiger partial charge in [-0.1, -0.05) is 12.2 Å². The van der Waals surface area contributed by atoms with Gasteiger partial charge in [0.25, 0.3) is 5.91 Å². The van der Waals surface area contributed by atoms with Gasteiger partial charge in [0, 0.05) is 18.3 Å². The van der Waals surface area contributed by atoms with Crippen molar-refractivity contribution in [3.8, 4) is 11.5 Å². The Balaban J connectivity index is 2.84. The predicted molar refractivity (Wildman–Crippen MR) is 75.7 cm³/mol. The molecule has 1 aromatic carbocycles. The van der Waals surface area contributed by atoms with E-state index in [1.54, 1.807) is 12.1 Å². The van der Waals surface area contributed by atoms with Crippen LogP contribution in [0.4, 0.5) is 5.69 Å². The number of nitrogens with two attached hydrogens (primary N) is 1. The number of anilines is 1. The van der Waals surface area contributed by atoms with E-state index in [2.05, 4.69) is 5.32 Å². The third kappa shape index (κ3) is 3.91. The van der Waals surface area contributed by atoms with Crippen LogP contribution in [-0.4, -0.2) is 26.7 Å². The zero-order chi connectivity index (χ0) is 14.3. The number of hydrogen-bond donors (Lipinski definition) is 2.